The number of hydrogen-bond acceptors (Lipinski definition) is 7. The summed E-state index contributed by atoms with van der Waals surface area (Å²) in [5.74, 6) is -0.940. The molecule has 3 rings (SSSR count). The number of nitrogens with zero attached hydrogens (tertiary/aromatic N) is 2. The number of amides is 1. The standard InChI is InChI=1S/C22H28N4O5S/c1-2-31-22(28)18-8-10-20(11-9-18)32(29,30)24-23-21(27)12-13-25-14-16-26(17-15-25)19-6-4-3-5-7-19/h3-11,24H,2,12-17H2,1H3,(H,23,27). The molecule has 10 heteroatoms. The lowest BCUT2D eigenvalue weighted by Crippen LogP contribution is -2.48. The first kappa shape index (κ1) is 23.7. The molecular weight excluding hydrogens is 432 g/mol. The molecule has 9 nitrogen and oxygen atoms in total. The molecule has 0 radical (unpaired) electrons. The third-order valence-corrected chi connectivity index (χ3v) is 6.41. The van der Waals surface area contributed by atoms with Gasteiger partial charge in [-0.2, -0.15) is 0 Å². The van der Waals surface area contributed by atoms with Crippen LogP contribution in [0.3, 0.4) is 0 Å². The normalized spacial score (nSPS) is 14.7. The largest absolute Gasteiger partial charge is 0.462 e. The summed E-state index contributed by atoms with van der Waals surface area (Å²) in [7, 11) is -3.95. The summed E-state index contributed by atoms with van der Waals surface area (Å²) in [5.41, 5.74) is 3.69. The van der Waals surface area contributed by atoms with Gasteiger partial charge in [-0.3, -0.25) is 15.1 Å². The Morgan fingerprint density at radius 1 is 0.969 bits per heavy atom. The Balaban J connectivity index is 1.41. The van der Waals surface area contributed by atoms with Gasteiger partial charge in [0, 0.05) is 44.8 Å². The van der Waals surface area contributed by atoms with Gasteiger partial charge in [-0.15, -0.1) is 4.83 Å². The molecule has 1 amide bonds. The summed E-state index contributed by atoms with van der Waals surface area (Å²) in [6.45, 7) is 5.88. The zero-order chi connectivity index (χ0) is 23.0. The highest BCUT2D eigenvalue weighted by atomic mass is 32.2. The molecule has 0 unspecified atom stereocenters. The van der Waals surface area contributed by atoms with E-state index < -0.39 is 21.9 Å². The van der Waals surface area contributed by atoms with Crippen LogP contribution in [0.15, 0.2) is 59.5 Å². The summed E-state index contributed by atoms with van der Waals surface area (Å²) < 4.78 is 29.6. The molecule has 0 bridgehead atoms. The third-order valence-electron chi connectivity index (χ3n) is 5.15. The van der Waals surface area contributed by atoms with Crippen molar-refractivity contribution in [1.29, 1.82) is 0 Å². The van der Waals surface area contributed by atoms with E-state index in [0.29, 0.717) is 6.54 Å². The second-order valence-electron chi connectivity index (χ2n) is 7.31. The molecule has 2 aromatic carbocycles. The SMILES string of the molecule is CCOC(=O)c1ccc(S(=O)(=O)NNC(=O)CCN2CCN(c3ccccc3)CC2)cc1. The predicted molar refractivity (Wildman–Crippen MR) is 121 cm³/mol. The summed E-state index contributed by atoms with van der Waals surface area (Å²) in [6.07, 6.45) is 0.176. The first-order valence-electron chi connectivity index (χ1n) is 10.5. The Bertz CT molecular complexity index is 1000. The van der Waals surface area contributed by atoms with Crippen LogP contribution in [0, 0.1) is 0 Å². The Labute approximate surface area is 188 Å². The Hall–Kier alpha value is -2.95. The number of benzene rings is 2. The lowest BCUT2D eigenvalue weighted by molar-refractivity contribution is -0.121. The summed E-state index contributed by atoms with van der Waals surface area (Å²) in [5, 5.41) is 0. The maximum Gasteiger partial charge on any atom is 0.338 e. The van der Waals surface area contributed by atoms with Crippen molar-refractivity contribution in [1.82, 2.24) is 15.2 Å². The van der Waals surface area contributed by atoms with Crippen LogP contribution in [-0.4, -0.2) is 64.5 Å². The molecule has 1 fully saturated rings. The van der Waals surface area contributed by atoms with E-state index in [1.807, 2.05) is 18.2 Å². The van der Waals surface area contributed by atoms with Gasteiger partial charge in [-0.25, -0.2) is 13.2 Å². The minimum atomic E-state index is -3.95. The molecule has 0 atom stereocenters. The molecule has 1 saturated heterocycles. The number of rotatable bonds is 9. The number of ether oxygens (including phenoxy) is 1. The van der Waals surface area contributed by atoms with Gasteiger partial charge in [-0.05, 0) is 43.3 Å². The van der Waals surface area contributed by atoms with Crippen molar-refractivity contribution in [2.45, 2.75) is 18.2 Å². The number of para-hydroxylation sites is 1. The molecular formula is C22H28N4O5S. The molecule has 0 aliphatic carbocycles. The quantitative estimate of drug-likeness (QED) is 0.430. The van der Waals surface area contributed by atoms with Crippen LogP contribution in [0.2, 0.25) is 0 Å². The van der Waals surface area contributed by atoms with Gasteiger partial charge in [0.15, 0.2) is 0 Å². The van der Waals surface area contributed by atoms with Gasteiger partial charge in [0.25, 0.3) is 10.0 Å². The van der Waals surface area contributed by atoms with Gasteiger partial charge in [-0.1, -0.05) is 18.2 Å². The number of hydrazine groups is 1. The second kappa shape index (κ2) is 11.1. The minimum absolute atomic E-state index is 0.0668. The van der Waals surface area contributed by atoms with Crippen LogP contribution >= 0.6 is 0 Å². The number of sulfonamides is 1. The lowest BCUT2D eigenvalue weighted by atomic mass is 10.2. The highest BCUT2D eigenvalue weighted by molar-refractivity contribution is 7.89. The molecule has 1 heterocycles. The molecule has 172 valence electrons. The van der Waals surface area contributed by atoms with Crippen molar-refractivity contribution in [3.05, 3.63) is 60.2 Å². The van der Waals surface area contributed by atoms with Crippen molar-refractivity contribution < 1.29 is 22.7 Å². The highest BCUT2D eigenvalue weighted by Gasteiger charge is 2.19. The maximum atomic E-state index is 12.4. The van der Waals surface area contributed by atoms with Crippen LogP contribution < -0.4 is 15.2 Å². The first-order valence-corrected chi connectivity index (χ1v) is 12.0. The number of anilines is 1. The van der Waals surface area contributed by atoms with Crippen LogP contribution in [-0.2, 0) is 19.6 Å². The number of piperazine rings is 1. The van der Waals surface area contributed by atoms with Crippen molar-refractivity contribution in [3.63, 3.8) is 0 Å². The van der Waals surface area contributed by atoms with Gasteiger partial charge in [0.1, 0.15) is 0 Å². The molecule has 32 heavy (non-hydrogen) atoms. The fourth-order valence-corrected chi connectivity index (χ4v) is 4.22. The molecule has 0 aromatic heterocycles. The van der Waals surface area contributed by atoms with Crippen LogP contribution in [0.4, 0.5) is 5.69 Å². The molecule has 1 aliphatic rings. The van der Waals surface area contributed by atoms with Crippen LogP contribution in [0.25, 0.3) is 0 Å². The molecule has 1 aliphatic heterocycles. The van der Waals surface area contributed by atoms with E-state index in [4.69, 9.17) is 4.74 Å². The van der Waals surface area contributed by atoms with Gasteiger partial charge < -0.3 is 9.64 Å². The van der Waals surface area contributed by atoms with Crippen molar-refractivity contribution >= 4 is 27.6 Å². The fourth-order valence-electron chi connectivity index (χ4n) is 3.36. The summed E-state index contributed by atoms with van der Waals surface area (Å²) >= 11 is 0. The van der Waals surface area contributed by atoms with Crippen molar-refractivity contribution in [2.75, 3.05) is 44.2 Å². The van der Waals surface area contributed by atoms with E-state index in [0.717, 1.165) is 26.2 Å². The molecule has 0 spiro atoms. The van der Waals surface area contributed by atoms with Crippen molar-refractivity contribution in [3.8, 4) is 0 Å². The third kappa shape index (κ3) is 6.52. The van der Waals surface area contributed by atoms with E-state index >= 15 is 0 Å². The molecule has 2 aromatic rings. The second-order valence-corrected chi connectivity index (χ2v) is 9.00. The summed E-state index contributed by atoms with van der Waals surface area (Å²) in [4.78, 5) is 30.3. The zero-order valence-corrected chi connectivity index (χ0v) is 18.8. The fraction of sp³-hybridized carbons (Fsp3) is 0.364. The monoisotopic (exact) mass is 460 g/mol. The number of esters is 1. The van der Waals surface area contributed by atoms with E-state index in [1.54, 1.807) is 6.92 Å². The van der Waals surface area contributed by atoms with Gasteiger partial charge >= 0.3 is 5.97 Å². The average Bonchev–Trinajstić information content (AvgIpc) is 2.82. The van der Waals surface area contributed by atoms with E-state index in [9.17, 15) is 18.0 Å². The smallest absolute Gasteiger partial charge is 0.338 e. The molecule has 0 saturated carbocycles. The summed E-state index contributed by atoms with van der Waals surface area (Å²) in [6, 6.07) is 15.5. The maximum absolute atomic E-state index is 12.4. The van der Waals surface area contributed by atoms with E-state index in [-0.39, 0.29) is 23.5 Å². The van der Waals surface area contributed by atoms with E-state index in [1.165, 1.54) is 30.0 Å². The van der Waals surface area contributed by atoms with Crippen LogP contribution in [0.5, 0.6) is 0 Å². The highest BCUT2D eigenvalue weighted by Crippen LogP contribution is 2.15. The topological polar surface area (TPSA) is 108 Å². The predicted octanol–water partition coefficient (Wildman–Crippen LogP) is 1.39. The zero-order valence-electron chi connectivity index (χ0n) is 18.0. The Morgan fingerprint density at radius 2 is 1.62 bits per heavy atom. The Kier molecular flexibility index (Phi) is 8.20. The van der Waals surface area contributed by atoms with Crippen molar-refractivity contribution in [2.24, 2.45) is 0 Å². The number of nitrogens with one attached hydrogen (secondary N) is 2. The number of carbonyl (C=O) groups excluding carboxylic acids is 2. The lowest BCUT2D eigenvalue weighted by Gasteiger charge is -2.36. The Morgan fingerprint density at radius 3 is 2.25 bits per heavy atom. The van der Waals surface area contributed by atoms with Gasteiger partial charge in [0.2, 0.25) is 5.91 Å². The first-order chi connectivity index (χ1) is 15.4. The minimum Gasteiger partial charge on any atom is -0.462 e. The van der Waals surface area contributed by atoms with Crippen LogP contribution in [0.1, 0.15) is 23.7 Å². The van der Waals surface area contributed by atoms with E-state index in [2.05, 4.69) is 32.2 Å². The number of carbonyl (C=O) groups is 2. The number of hydrogen-bond donors (Lipinski definition) is 2. The molecule has 2 N–H and O–H groups in total. The van der Waals surface area contributed by atoms with Gasteiger partial charge in [0.05, 0.1) is 17.1 Å². The average molecular weight is 461 g/mol.